The Kier molecular flexibility index (Phi) is 7.67. The van der Waals surface area contributed by atoms with Gasteiger partial charge in [-0.1, -0.05) is 26.0 Å². The molecule has 6 heteroatoms. The molecule has 0 unspecified atom stereocenters. The first-order chi connectivity index (χ1) is 13.3. The topological polar surface area (TPSA) is 56.8 Å². The van der Waals surface area contributed by atoms with Gasteiger partial charge in [-0.05, 0) is 48.2 Å². The predicted octanol–water partition coefficient (Wildman–Crippen LogP) is 4.30. The Morgan fingerprint density at radius 2 is 1.68 bits per heavy atom. The molecule has 0 spiro atoms. The number of methoxy groups -OCH3 is 2. The fourth-order valence-electron chi connectivity index (χ4n) is 2.71. The van der Waals surface area contributed by atoms with E-state index in [1.54, 1.807) is 13.2 Å². The molecule has 1 N–H and O–H groups in total. The van der Waals surface area contributed by atoms with Crippen molar-refractivity contribution in [2.75, 3.05) is 20.8 Å². The summed E-state index contributed by atoms with van der Waals surface area (Å²) in [5.41, 5.74) is 1.47. The molecule has 1 atom stereocenters. The lowest BCUT2D eigenvalue weighted by Crippen LogP contribution is -2.28. The highest BCUT2D eigenvalue weighted by Crippen LogP contribution is 2.30. The Labute approximate surface area is 165 Å². The van der Waals surface area contributed by atoms with Crippen molar-refractivity contribution in [3.8, 4) is 17.2 Å². The number of amides is 1. The van der Waals surface area contributed by atoms with Crippen LogP contribution < -0.4 is 19.5 Å². The smallest absolute Gasteiger partial charge is 0.224 e. The average Bonchev–Trinajstić information content (AvgIpc) is 2.66. The van der Waals surface area contributed by atoms with Crippen LogP contribution >= 0.6 is 0 Å². The molecule has 2 aromatic carbocycles. The van der Waals surface area contributed by atoms with E-state index in [1.165, 1.54) is 19.2 Å². The van der Waals surface area contributed by atoms with E-state index in [0.29, 0.717) is 29.6 Å². The zero-order chi connectivity index (χ0) is 20.7. The number of hydrogen-bond acceptors (Lipinski definition) is 4. The highest BCUT2D eigenvalue weighted by Gasteiger charge is 2.14. The van der Waals surface area contributed by atoms with Crippen molar-refractivity contribution >= 4 is 5.91 Å². The summed E-state index contributed by atoms with van der Waals surface area (Å²) in [7, 11) is 2.99. The Morgan fingerprint density at radius 1 is 1.00 bits per heavy atom. The van der Waals surface area contributed by atoms with E-state index in [1.807, 2.05) is 25.1 Å². The summed E-state index contributed by atoms with van der Waals surface area (Å²) in [5.74, 6) is 1.18. The van der Waals surface area contributed by atoms with Gasteiger partial charge in [0.25, 0.3) is 0 Å². The lowest BCUT2D eigenvalue weighted by Gasteiger charge is -2.18. The molecule has 5 nitrogen and oxygen atoms in total. The average molecular weight is 389 g/mol. The predicted molar refractivity (Wildman–Crippen MR) is 107 cm³/mol. The van der Waals surface area contributed by atoms with Crippen molar-refractivity contribution in [2.45, 2.75) is 33.2 Å². The SMILES string of the molecule is COc1ccc(CC(=O)N[C@@H](C)c2ccc(OCC(C)C)c(OC)c2)cc1F. The van der Waals surface area contributed by atoms with Crippen LogP contribution in [0.3, 0.4) is 0 Å². The summed E-state index contributed by atoms with van der Waals surface area (Å²) in [6, 6.07) is 9.87. The van der Waals surface area contributed by atoms with Crippen LogP contribution in [0.15, 0.2) is 36.4 Å². The number of carbonyl (C=O) groups excluding carboxylic acids is 1. The molecule has 0 bridgehead atoms. The zero-order valence-electron chi connectivity index (χ0n) is 17.0. The fourth-order valence-corrected chi connectivity index (χ4v) is 2.71. The van der Waals surface area contributed by atoms with Crippen LogP contribution in [-0.4, -0.2) is 26.7 Å². The minimum atomic E-state index is -0.484. The number of rotatable bonds is 9. The molecule has 0 aliphatic rings. The number of benzene rings is 2. The van der Waals surface area contributed by atoms with E-state index in [-0.39, 0.29) is 24.1 Å². The molecule has 1 amide bonds. The molecule has 2 rings (SSSR count). The van der Waals surface area contributed by atoms with Crippen LogP contribution in [0, 0.1) is 11.7 Å². The molecule has 0 aromatic heterocycles. The fraction of sp³-hybridized carbons (Fsp3) is 0.409. The number of ether oxygens (including phenoxy) is 3. The first-order valence-electron chi connectivity index (χ1n) is 9.26. The highest BCUT2D eigenvalue weighted by atomic mass is 19.1. The van der Waals surface area contributed by atoms with Crippen LogP contribution in [0.4, 0.5) is 4.39 Å². The molecule has 0 saturated carbocycles. The molecule has 2 aromatic rings. The van der Waals surface area contributed by atoms with E-state index < -0.39 is 5.82 Å². The monoisotopic (exact) mass is 389 g/mol. The van der Waals surface area contributed by atoms with Crippen LogP contribution in [0.1, 0.15) is 37.9 Å². The first-order valence-corrected chi connectivity index (χ1v) is 9.26. The molecular formula is C22H28FNO4. The van der Waals surface area contributed by atoms with Crippen LogP contribution in [-0.2, 0) is 11.2 Å². The Hall–Kier alpha value is -2.76. The van der Waals surface area contributed by atoms with Gasteiger partial charge in [-0.2, -0.15) is 0 Å². The van der Waals surface area contributed by atoms with Crippen molar-refractivity contribution in [1.82, 2.24) is 5.32 Å². The number of carbonyl (C=O) groups is 1. The van der Waals surface area contributed by atoms with Crippen molar-refractivity contribution in [3.05, 3.63) is 53.3 Å². The highest BCUT2D eigenvalue weighted by molar-refractivity contribution is 5.79. The molecule has 0 radical (unpaired) electrons. The molecule has 0 aliphatic heterocycles. The number of halogens is 1. The molecule has 0 fully saturated rings. The van der Waals surface area contributed by atoms with Crippen molar-refractivity contribution in [3.63, 3.8) is 0 Å². The van der Waals surface area contributed by atoms with Crippen molar-refractivity contribution in [2.24, 2.45) is 5.92 Å². The van der Waals surface area contributed by atoms with Gasteiger partial charge in [0.15, 0.2) is 23.1 Å². The molecular weight excluding hydrogens is 361 g/mol. The van der Waals surface area contributed by atoms with Gasteiger partial charge in [-0.25, -0.2) is 4.39 Å². The normalized spacial score (nSPS) is 11.8. The number of nitrogens with one attached hydrogen (secondary N) is 1. The maximum absolute atomic E-state index is 13.8. The maximum Gasteiger partial charge on any atom is 0.224 e. The maximum atomic E-state index is 13.8. The summed E-state index contributed by atoms with van der Waals surface area (Å²) < 4.78 is 29.8. The van der Waals surface area contributed by atoms with Gasteiger partial charge >= 0.3 is 0 Å². The van der Waals surface area contributed by atoms with Crippen LogP contribution in [0.2, 0.25) is 0 Å². The zero-order valence-corrected chi connectivity index (χ0v) is 17.0. The second-order valence-corrected chi connectivity index (χ2v) is 7.05. The molecule has 0 aliphatic carbocycles. The molecule has 152 valence electrons. The van der Waals surface area contributed by atoms with E-state index in [4.69, 9.17) is 14.2 Å². The van der Waals surface area contributed by atoms with Gasteiger partial charge < -0.3 is 19.5 Å². The quantitative estimate of drug-likeness (QED) is 0.695. The summed E-state index contributed by atoms with van der Waals surface area (Å²) in [6.07, 6.45) is 0.0813. The summed E-state index contributed by atoms with van der Waals surface area (Å²) in [6.45, 7) is 6.64. The summed E-state index contributed by atoms with van der Waals surface area (Å²) in [5, 5.41) is 2.92. The minimum absolute atomic E-state index is 0.0813. The lowest BCUT2D eigenvalue weighted by molar-refractivity contribution is -0.121. The van der Waals surface area contributed by atoms with Gasteiger partial charge in [0.2, 0.25) is 5.91 Å². The van der Waals surface area contributed by atoms with E-state index in [9.17, 15) is 9.18 Å². The number of hydrogen-bond donors (Lipinski definition) is 1. The van der Waals surface area contributed by atoms with Crippen molar-refractivity contribution < 1.29 is 23.4 Å². The van der Waals surface area contributed by atoms with E-state index in [0.717, 1.165) is 5.56 Å². The molecule has 0 heterocycles. The third kappa shape index (κ3) is 5.87. The van der Waals surface area contributed by atoms with E-state index in [2.05, 4.69) is 19.2 Å². The molecule has 0 saturated heterocycles. The Bertz CT molecular complexity index is 807. The Balaban J connectivity index is 2.02. The summed E-state index contributed by atoms with van der Waals surface area (Å²) in [4.78, 5) is 12.3. The second kappa shape index (κ2) is 9.97. The second-order valence-electron chi connectivity index (χ2n) is 7.05. The van der Waals surface area contributed by atoms with Crippen LogP contribution in [0.25, 0.3) is 0 Å². The van der Waals surface area contributed by atoms with Gasteiger partial charge in [0.05, 0.1) is 33.3 Å². The van der Waals surface area contributed by atoms with Gasteiger partial charge in [0.1, 0.15) is 0 Å². The largest absolute Gasteiger partial charge is 0.494 e. The van der Waals surface area contributed by atoms with Crippen LogP contribution in [0.5, 0.6) is 17.2 Å². The van der Waals surface area contributed by atoms with E-state index >= 15 is 0 Å². The van der Waals surface area contributed by atoms with Gasteiger partial charge in [0, 0.05) is 0 Å². The van der Waals surface area contributed by atoms with Gasteiger partial charge in [-0.15, -0.1) is 0 Å². The van der Waals surface area contributed by atoms with Gasteiger partial charge in [-0.3, -0.25) is 4.79 Å². The van der Waals surface area contributed by atoms with Crippen molar-refractivity contribution in [1.29, 1.82) is 0 Å². The first kappa shape index (κ1) is 21.5. The standard InChI is InChI=1S/C22H28FNO4/c1-14(2)13-28-20-9-7-17(12-21(20)27-5)15(3)24-22(25)11-16-6-8-19(26-4)18(23)10-16/h6-10,12,14-15H,11,13H2,1-5H3,(H,24,25)/t15-/m0/s1. The molecule has 28 heavy (non-hydrogen) atoms. The minimum Gasteiger partial charge on any atom is -0.494 e. The third-order valence-electron chi connectivity index (χ3n) is 4.22. The summed E-state index contributed by atoms with van der Waals surface area (Å²) >= 11 is 0. The Morgan fingerprint density at radius 3 is 2.29 bits per heavy atom. The third-order valence-corrected chi connectivity index (χ3v) is 4.22. The lowest BCUT2D eigenvalue weighted by atomic mass is 10.1.